The Kier molecular flexibility index (Phi) is 5.87. The fourth-order valence-electron chi connectivity index (χ4n) is 2.15. The summed E-state index contributed by atoms with van der Waals surface area (Å²) in [6, 6.07) is 5.63. The molecule has 0 saturated heterocycles. The lowest BCUT2D eigenvalue weighted by Gasteiger charge is -2.16. The van der Waals surface area contributed by atoms with Gasteiger partial charge in [0.2, 0.25) is 5.91 Å². The van der Waals surface area contributed by atoms with Crippen LogP contribution in [0.25, 0.3) is 0 Å². The van der Waals surface area contributed by atoms with Gasteiger partial charge in [-0.3, -0.25) is 4.79 Å². The lowest BCUT2D eigenvalue weighted by molar-refractivity contribution is -0.122. The summed E-state index contributed by atoms with van der Waals surface area (Å²) in [6.07, 6.45) is 1.83. The number of amides is 1. The molecule has 1 aromatic rings. The van der Waals surface area contributed by atoms with Crippen LogP contribution in [0.5, 0.6) is 11.5 Å². The van der Waals surface area contributed by atoms with E-state index in [1.165, 1.54) is 0 Å². The fraction of sp³-hybridized carbons (Fsp3) is 0.562. The zero-order valence-corrected chi connectivity index (χ0v) is 12.8. The highest BCUT2D eigenvalue weighted by Gasteiger charge is 2.16. The molecule has 1 aliphatic heterocycles. The minimum Gasteiger partial charge on any atom is -0.490 e. The lowest BCUT2D eigenvalue weighted by atomic mass is 10.1. The molecular formula is C16H24N2O3. The van der Waals surface area contributed by atoms with Gasteiger partial charge in [-0.15, -0.1) is 0 Å². The monoisotopic (exact) mass is 292 g/mol. The van der Waals surface area contributed by atoms with Gasteiger partial charge in [0, 0.05) is 25.1 Å². The first-order valence-electron chi connectivity index (χ1n) is 7.61. The summed E-state index contributed by atoms with van der Waals surface area (Å²) in [5.41, 5.74) is 1.02. The van der Waals surface area contributed by atoms with Crippen LogP contribution in [0.4, 0.5) is 0 Å². The molecular weight excluding hydrogens is 268 g/mol. The van der Waals surface area contributed by atoms with Gasteiger partial charge < -0.3 is 20.1 Å². The number of para-hydroxylation sites is 1. The van der Waals surface area contributed by atoms with Crippen LogP contribution in [-0.2, 0) is 11.3 Å². The van der Waals surface area contributed by atoms with E-state index in [9.17, 15) is 4.79 Å². The molecule has 0 bridgehead atoms. The van der Waals surface area contributed by atoms with E-state index in [4.69, 9.17) is 9.47 Å². The molecule has 0 spiro atoms. The Morgan fingerprint density at radius 2 is 2.14 bits per heavy atom. The fourth-order valence-corrected chi connectivity index (χ4v) is 2.15. The maximum atomic E-state index is 11.8. The number of hydrogen-bond donors (Lipinski definition) is 2. The average Bonchev–Trinajstić information content (AvgIpc) is 2.75. The predicted molar refractivity (Wildman–Crippen MR) is 81.7 cm³/mol. The SMILES string of the molecule is CCCNC(=O)C(C)NCc1cccc2c1OCCCO2. The Morgan fingerprint density at radius 1 is 1.33 bits per heavy atom. The van der Waals surface area contributed by atoms with Crippen LogP contribution in [-0.4, -0.2) is 31.7 Å². The normalized spacial score (nSPS) is 15.1. The maximum absolute atomic E-state index is 11.8. The first-order valence-corrected chi connectivity index (χ1v) is 7.61. The van der Waals surface area contributed by atoms with Crippen molar-refractivity contribution >= 4 is 5.91 Å². The molecule has 5 nitrogen and oxygen atoms in total. The second kappa shape index (κ2) is 7.88. The van der Waals surface area contributed by atoms with E-state index in [0.717, 1.165) is 29.9 Å². The number of rotatable bonds is 6. The van der Waals surface area contributed by atoms with Gasteiger partial charge >= 0.3 is 0 Å². The molecule has 1 atom stereocenters. The van der Waals surface area contributed by atoms with Crippen molar-refractivity contribution in [3.05, 3.63) is 23.8 Å². The standard InChI is InChI=1S/C16H24N2O3/c1-3-8-17-16(19)12(2)18-11-13-6-4-7-14-15(13)21-10-5-9-20-14/h4,6-7,12,18H,3,5,8-11H2,1-2H3,(H,17,19). The molecule has 1 unspecified atom stereocenters. The van der Waals surface area contributed by atoms with Crippen molar-refractivity contribution in [1.82, 2.24) is 10.6 Å². The minimum atomic E-state index is -0.237. The van der Waals surface area contributed by atoms with Crippen LogP contribution in [0.15, 0.2) is 18.2 Å². The summed E-state index contributed by atoms with van der Waals surface area (Å²) in [6.45, 7) is 6.53. The summed E-state index contributed by atoms with van der Waals surface area (Å²) in [4.78, 5) is 11.8. The molecule has 1 aromatic carbocycles. The summed E-state index contributed by atoms with van der Waals surface area (Å²) < 4.78 is 11.4. The first kappa shape index (κ1) is 15.6. The van der Waals surface area contributed by atoms with E-state index in [1.807, 2.05) is 32.0 Å². The van der Waals surface area contributed by atoms with E-state index in [0.29, 0.717) is 26.3 Å². The van der Waals surface area contributed by atoms with Crippen molar-refractivity contribution in [2.24, 2.45) is 0 Å². The molecule has 0 fully saturated rings. The molecule has 2 N–H and O–H groups in total. The Labute approximate surface area is 126 Å². The van der Waals surface area contributed by atoms with Crippen molar-refractivity contribution in [2.75, 3.05) is 19.8 Å². The van der Waals surface area contributed by atoms with Crippen LogP contribution in [0.2, 0.25) is 0 Å². The number of ether oxygens (including phenoxy) is 2. The molecule has 1 heterocycles. The van der Waals surface area contributed by atoms with E-state index < -0.39 is 0 Å². The zero-order valence-electron chi connectivity index (χ0n) is 12.8. The second-order valence-corrected chi connectivity index (χ2v) is 5.19. The number of benzene rings is 1. The molecule has 0 saturated carbocycles. The largest absolute Gasteiger partial charge is 0.490 e. The van der Waals surface area contributed by atoms with E-state index in [2.05, 4.69) is 10.6 Å². The van der Waals surface area contributed by atoms with Gasteiger partial charge in [-0.05, 0) is 19.4 Å². The minimum absolute atomic E-state index is 0.0241. The molecule has 0 aromatic heterocycles. The van der Waals surface area contributed by atoms with Gasteiger partial charge in [-0.1, -0.05) is 19.1 Å². The molecule has 5 heteroatoms. The third-order valence-electron chi connectivity index (χ3n) is 3.39. The van der Waals surface area contributed by atoms with Gasteiger partial charge in [0.15, 0.2) is 11.5 Å². The third kappa shape index (κ3) is 4.36. The quantitative estimate of drug-likeness (QED) is 0.840. The van der Waals surface area contributed by atoms with Crippen LogP contribution >= 0.6 is 0 Å². The number of carbonyl (C=O) groups excluding carboxylic acids is 1. The summed E-state index contributed by atoms with van der Waals surface area (Å²) >= 11 is 0. The van der Waals surface area contributed by atoms with Crippen molar-refractivity contribution < 1.29 is 14.3 Å². The van der Waals surface area contributed by atoms with Gasteiger partial charge in [0.1, 0.15) is 0 Å². The highest BCUT2D eigenvalue weighted by Crippen LogP contribution is 2.33. The van der Waals surface area contributed by atoms with Crippen molar-refractivity contribution in [3.63, 3.8) is 0 Å². The number of carbonyl (C=O) groups is 1. The van der Waals surface area contributed by atoms with Crippen LogP contribution in [0.3, 0.4) is 0 Å². The molecule has 1 amide bonds. The van der Waals surface area contributed by atoms with Crippen molar-refractivity contribution in [1.29, 1.82) is 0 Å². The smallest absolute Gasteiger partial charge is 0.236 e. The first-order chi connectivity index (χ1) is 10.2. The highest BCUT2D eigenvalue weighted by atomic mass is 16.5. The molecule has 1 aliphatic rings. The van der Waals surface area contributed by atoms with Crippen molar-refractivity contribution in [2.45, 2.75) is 39.3 Å². The molecule has 0 aliphatic carbocycles. The number of nitrogens with one attached hydrogen (secondary N) is 2. The van der Waals surface area contributed by atoms with Gasteiger partial charge in [0.05, 0.1) is 19.3 Å². The van der Waals surface area contributed by atoms with Gasteiger partial charge in [-0.25, -0.2) is 0 Å². The predicted octanol–water partition coefficient (Wildman–Crippen LogP) is 1.85. The summed E-state index contributed by atoms with van der Waals surface area (Å²) in [7, 11) is 0. The van der Waals surface area contributed by atoms with Gasteiger partial charge in [-0.2, -0.15) is 0 Å². The van der Waals surface area contributed by atoms with Crippen LogP contribution in [0.1, 0.15) is 32.3 Å². The Morgan fingerprint density at radius 3 is 2.95 bits per heavy atom. The number of hydrogen-bond acceptors (Lipinski definition) is 4. The van der Waals surface area contributed by atoms with Crippen molar-refractivity contribution in [3.8, 4) is 11.5 Å². The molecule has 0 radical (unpaired) electrons. The maximum Gasteiger partial charge on any atom is 0.236 e. The van der Waals surface area contributed by atoms with Crippen LogP contribution < -0.4 is 20.1 Å². The second-order valence-electron chi connectivity index (χ2n) is 5.19. The van der Waals surface area contributed by atoms with Gasteiger partial charge in [0.25, 0.3) is 0 Å². The summed E-state index contributed by atoms with van der Waals surface area (Å²) in [5, 5.41) is 6.11. The Hall–Kier alpha value is -1.75. The van der Waals surface area contributed by atoms with Crippen LogP contribution in [0, 0.1) is 0 Å². The highest BCUT2D eigenvalue weighted by molar-refractivity contribution is 5.81. The molecule has 21 heavy (non-hydrogen) atoms. The topological polar surface area (TPSA) is 59.6 Å². The van der Waals surface area contributed by atoms with E-state index >= 15 is 0 Å². The zero-order chi connectivity index (χ0) is 15.1. The number of fused-ring (bicyclic) bond motifs is 1. The Balaban J connectivity index is 1.95. The lowest BCUT2D eigenvalue weighted by Crippen LogP contribution is -2.42. The third-order valence-corrected chi connectivity index (χ3v) is 3.39. The van der Waals surface area contributed by atoms with E-state index in [1.54, 1.807) is 0 Å². The Bertz CT molecular complexity index is 477. The molecule has 116 valence electrons. The average molecular weight is 292 g/mol. The summed E-state index contributed by atoms with van der Waals surface area (Å²) in [5.74, 6) is 1.61. The molecule has 2 rings (SSSR count). The van der Waals surface area contributed by atoms with E-state index in [-0.39, 0.29) is 11.9 Å².